The van der Waals surface area contributed by atoms with Crippen molar-refractivity contribution in [2.24, 2.45) is 0 Å². The van der Waals surface area contributed by atoms with E-state index in [-0.39, 0.29) is 11.9 Å². The van der Waals surface area contributed by atoms with Crippen LogP contribution in [0.4, 0.5) is 0 Å². The number of benzene rings is 1. The molecule has 1 aliphatic heterocycles. The first kappa shape index (κ1) is 13.6. The highest BCUT2D eigenvalue weighted by Crippen LogP contribution is 2.25. The number of rotatable bonds is 6. The van der Waals surface area contributed by atoms with Crippen molar-refractivity contribution >= 4 is 5.91 Å². The third kappa shape index (κ3) is 3.19. The Labute approximate surface area is 120 Å². The number of nitrogens with zero attached hydrogens (tertiary/aromatic N) is 2. The third-order valence-corrected chi connectivity index (χ3v) is 4.31. The van der Waals surface area contributed by atoms with Gasteiger partial charge in [-0.1, -0.05) is 30.3 Å². The van der Waals surface area contributed by atoms with Crippen molar-refractivity contribution in [1.29, 1.82) is 0 Å². The molecule has 0 bridgehead atoms. The van der Waals surface area contributed by atoms with E-state index in [1.165, 1.54) is 18.4 Å². The quantitative estimate of drug-likeness (QED) is 0.842. The molecule has 4 nitrogen and oxygen atoms in total. The molecule has 1 saturated heterocycles. The van der Waals surface area contributed by atoms with Crippen molar-refractivity contribution in [2.45, 2.75) is 31.3 Å². The summed E-state index contributed by atoms with van der Waals surface area (Å²) < 4.78 is 0. The molecule has 1 atom stereocenters. The molecule has 1 aromatic rings. The largest absolute Gasteiger partial charge is 0.327 e. The first-order chi connectivity index (χ1) is 9.74. The van der Waals surface area contributed by atoms with Gasteiger partial charge in [0.25, 0.3) is 0 Å². The van der Waals surface area contributed by atoms with Gasteiger partial charge in [0.15, 0.2) is 0 Å². The zero-order valence-corrected chi connectivity index (χ0v) is 12.1. The summed E-state index contributed by atoms with van der Waals surface area (Å²) >= 11 is 0. The van der Waals surface area contributed by atoms with Crippen LogP contribution in [0, 0.1) is 0 Å². The molecule has 1 heterocycles. The van der Waals surface area contributed by atoms with Gasteiger partial charge in [-0.05, 0) is 31.9 Å². The predicted molar refractivity (Wildman–Crippen MR) is 79.3 cm³/mol. The molecule has 108 valence electrons. The molecule has 20 heavy (non-hydrogen) atoms. The van der Waals surface area contributed by atoms with Gasteiger partial charge < -0.3 is 9.80 Å². The Kier molecular flexibility index (Phi) is 4.03. The van der Waals surface area contributed by atoms with E-state index in [0.29, 0.717) is 6.67 Å². The smallest absolute Gasteiger partial charge is 0.241 e. The molecular formula is C16H23N3O. The summed E-state index contributed by atoms with van der Waals surface area (Å²) in [5.74, 6) is 0.248. The van der Waals surface area contributed by atoms with Crippen LogP contribution in [0.5, 0.6) is 0 Å². The molecule has 4 heteroatoms. The summed E-state index contributed by atoms with van der Waals surface area (Å²) in [5, 5.41) is 3.33. The number of hydrogen-bond acceptors (Lipinski definition) is 3. The fourth-order valence-corrected chi connectivity index (χ4v) is 2.78. The highest BCUT2D eigenvalue weighted by atomic mass is 16.2. The van der Waals surface area contributed by atoms with E-state index in [0.717, 1.165) is 25.6 Å². The summed E-state index contributed by atoms with van der Waals surface area (Å²) in [7, 11) is 2.16. The summed E-state index contributed by atoms with van der Waals surface area (Å²) in [6.45, 7) is 2.51. The molecule has 1 aliphatic carbocycles. The molecule has 0 aromatic heterocycles. The van der Waals surface area contributed by atoms with Crippen LogP contribution in [0.25, 0.3) is 0 Å². The van der Waals surface area contributed by atoms with Crippen LogP contribution in [0.15, 0.2) is 30.3 Å². The van der Waals surface area contributed by atoms with E-state index >= 15 is 0 Å². The van der Waals surface area contributed by atoms with E-state index in [1.807, 2.05) is 23.1 Å². The Morgan fingerprint density at radius 1 is 1.30 bits per heavy atom. The van der Waals surface area contributed by atoms with Crippen LogP contribution in [-0.2, 0) is 11.2 Å². The summed E-state index contributed by atoms with van der Waals surface area (Å²) in [6.07, 6.45) is 3.42. The number of carbonyl (C=O) groups excluding carboxylic acids is 1. The molecule has 0 radical (unpaired) electrons. The lowest BCUT2D eigenvalue weighted by Crippen LogP contribution is -2.37. The Morgan fingerprint density at radius 3 is 2.75 bits per heavy atom. The van der Waals surface area contributed by atoms with Gasteiger partial charge in [0, 0.05) is 19.1 Å². The van der Waals surface area contributed by atoms with Crippen molar-refractivity contribution in [3.63, 3.8) is 0 Å². The highest BCUT2D eigenvalue weighted by Gasteiger charge is 2.32. The Morgan fingerprint density at radius 2 is 2.05 bits per heavy atom. The number of nitrogens with one attached hydrogen (secondary N) is 1. The minimum Gasteiger partial charge on any atom is -0.327 e. The minimum absolute atomic E-state index is 0.0522. The van der Waals surface area contributed by atoms with Gasteiger partial charge in [-0.3, -0.25) is 10.1 Å². The first-order valence-electron chi connectivity index (χ1n) is 7.50. The average Bonchev–Trinajstić information content (AvgIpc) is 3.26. The maximum atomic E-state index is 12.4. The van der Waals surface area contributed by atoms with Crippen LogP contribution in [-0.4, -0.2) is 54.6 Å². The van der Waals surface area contributed by atoms with Crippen LogP contribution in [0.1, 0.15) is 18.4 Å². The highest BCUT2D eigenvalue weighted by molar-refractivity contribution is 5.84. The van der Waals surface area contributed by atoms with Gasteiger partial charge in [-0.2, -0.15) is 0 Å². The van der Waals surface area contributed by atoms with Crippen LogP contribution in [0.3, 0.4) is 0 Å². The SMILES string of the molecule is CN(CCN1CNC(Cc2ccccc2)C1=O)C1CC1. The van der Waals surface area contributed by atoms with E-state index in [4.69, 9.17) is 0 Å². The van der Waals surface area contributed by atoms with Crippen molar-refractivity contribution < 1.29 is 4.79 Å². The normalized spacial score (nSPS) is 22.8. The number of likely N-dealkylation sites (N-methyl/N-ethyl adjacent to an activating group) is 1. The first-order valence-corrected chi connectivity index (χ1v) is 7.50. The monoisotopic (exact) mass is 273 g/mol. The lowest BCUT2D eigenvalue weighted by Gasteiger charge is -2.21. The molecule has 0 spiro atoms. The molecule has 1 N–H and O–H groups in total. The van der Waals surface area contributed by atoms with Crippen molar-refractivity contribution in [3.8, 4) is 0 Å². The van der Waals surface area contributed by atoms with Crippen molar-refractivity contribution in [3.05, 3.63) is 35.9 Å². The minimum atomic E-state index is -0.0522. The Hall–Kier alpha value is -1.39. The van der Waals surface area contributed by atoms with Gasteiger partial charge in [-0.15, -0.1) is 0 Å². The molecule has 2 fully saturated rings. The predicted octanol–water partition coefficient (Wildman–Crippen LogP) is 1.08. The van der Waals surface area contributed by atoms with E-state index < -0.39 is 0 Å². The number of carbonyl (C=O) groups is 1. The lowest BCUT2D eigenvalue weighted by atomic mass is 10.1. The topological polar surface area (TPSA) is 35.6 Å². The van der Waals surface area contributed by atoms with Crippen LogP contribution < -0.4 is 5.32 Å². The molecular weight excluding hydrogens is 250 g/mol. The number of amides is 1. The van der Waals surface area contributed by atoms with Crippen molar-refractivity contribution in [2.75, 3.05) is 26.8 Å². The van der Waals surface area contributed by atoms with Crippen molar-refractivity contribution in [1.82, 2.24) is 15.1 Å². The van der Waals surface area contributed by atoms with E-state index in [1.54, 1.807) is 0 Å². The molecule has 3 rings (SSSR count). The van der Waals surface area contributed by atoms with Gasteiger partial charge in [0.2, 0.25) is 5.91 Å². The zero-order valence-electron chi connectivity index (χ0n) is 12.1. The van der Waals surface area contributed by atoms with E-state index in [9.17, 15) is 4.79 Å². The van der Waals surface area contributed by atoms with E-state index in [2.05, 4.69) is 29.4 Å². The third-order valence-electron chi connectivity index (χ3n) is 4.31. The molecule has 1 aromatic carbocycles. The zero-order chi connectivity index (χ0) is 13.9. The van der Waals surface area contributed by atoms with Crippen LogP contribution in [0.2, 0.25) is 0 Å². The molecule has 1 unspecified atom stereocenters. The fourth-order valence-electron chi connectivity index (χ4n) is 2.78. The van der Waals surface area contributed by atoms with Gasteiger partial charge >= 0.3 is 0 Å². The summed E-state index contributed by atoms with van der Waals surface area (Å²) in [6, 6.07) is 10.9. The second kappa shape index (κ2) is 5.94. The second-order valence-electron chi connectivity index (χ2n) is 5.92. The maximum Gasteiger partial charge on any atom is 0.241 e. The Bertz CT molecular complexity index is 458. The molecule has 1 saturated carbocycles. The van der Waals surface area contributed by atoms with Gasteiger partial charge in [-0.25, -0.2) is 0 Å². The molecule has 1 amide bonds. The summed E-state index contributed by atoms with van der Waals surface area (Å²) in [5.41, 5.74) is 1.22. The number of hydrogen-bond donors (Lipinski definition) is 1. The van der Waals surface area contributed by atoms with Gasteiger partial charge in [0.05, 0.1) is 12.7 Å². The van der Waals surface area contributed by atoms with Crippen LogP contribution >= 0.6 is 0 Å². The van der Waals surface area contributed by atoms with Gasteiger partial charge in [0.1, 0.15) is 0 Å². The second-order valence-corrected chi connectivity index (χ2v) is 5.92. The average molecular weight is 273 g/mol. The fraction of sp³-hybridized carbons (Fsp3) is 0.562. The summed E-state index contributed by atoms with van der Waals surface area (Å²) in [4.78, 5) is 16.7. The maximum absolute atomic E-state index is 12.4. The standard InChI is InChI=1S/C16H23N3O/c1-18(14-7-8-14)9-10-19-12-17-15(16(19)20)11-13-5-3-2-4-6-13/h2-6,14-15,17H,7-12H2,1H3. The Balaban J connectivity index is 1.49. The molecule has 2 aliphatic rings. The lowest BCUT2D eigenvalue weighted by molar-refractivity contribution is -0.129.